The van der Waals surface area contributed by atoms with Gasteiger partial charge in [-0.2, -0.15) is 0 Å². The Morgan fingerprint density at radius 2 is 1.93 bits per heavy atom. The van der Waals surface area contributed by atoms with E-state index in [0.29, 0.717) is 29.2 Å². The molecule has 0 aromatic heterocycles. The van der Waals surface area contributed by atoms with Gasteiger partial charge >= 0.3 is 0 Å². The van der Waals surface area contributed by atoms with Gasteiger partial charge in [0.05, 0.1) is 10.6 Å². The van der Waals surface area contributed by atoms with E-state index in [4.69, 9.17) is 10.5 Å². The van der Waals surface area contributed by atoms with Crippen molar-refractivity contribution >= 4 is 29.0 Å². The number of nitro groups is 1. The number of hydrogen-bond acceptors (Lipinski definition) is 5. The number of nitrogens with zero attached hydrogens (tertiary/aromatic N) is 2. The Morgan fingerprint density at radius 1 is 1.19 bits per heavy atom. The van der Waals surface area contributed by atoms with Crippen LogP contribution >= 0.6 is 0 Å². The highest BCUT2D eigenvalue weighted by Crippen LogP contribution is 2.37. The Morgan fingerprint density at radius 3 is 2.59 bits per heavy atom. The van der Waals surface area contributed by atoms with E-state index in [-0.39, 0.29) is 17.4 Å². The Balaban J connectivity index is 1.93. The fraction of sp³-hybridized carbons (Fsp3) is 0.250. The van der Waals surface area contributed by atoms with Crippen molar-refractivity contribution in [3.05, 3.63) is 63.9 Å². The van der Waals surface area contributed by atoms with Crippen LogP contribution < -0.4 is 15.4 Å². The fourth-order valence-electron chi connectivity index (χ4n) is 2.91. The number of nitrogens with two attached hydrogens (primary N) is 1. The molecule has 1 aliphatic heterocycles. The highest BCUT2D eigenvalue weighted by atomic mass is 16.6. The standard InChI is InChI=1S/C20H21N3O4/c1-2-3-4-11-22-17-13-15(21)7-10-18(17)27-19(20(22)24)12-14-5-8-16(9-6-14)23(25)26/h5-10,12-13H,2-4,11,21H2,1H3/b19-12+. The van der Waals surface area contributed by atoms with Crippen molar-refractivity contribution in [2.45, 2.75) is 26.2 Å². The first-order chi connectivity index (χ1) is 13.0. The number of anilines is 2. The maximum Gasteiger partial charge on any atom is 0.294 e. The molecule has 7 heteroatoms. The molecule has 0 spiro atoms. The van der Waals surface area contributed by atoms with Gasteiger partial charge in [0.1, 0.15) is 0 Å². The fourth-order valence-corrected chi connectivity index (χ4v) is 2.91. The normalized spacial score (nSPS) is 14.8. The summed E-state index contributed by atoms with van der Waals surface area (Å²) >= 11 is 0. The average Bonchev–Trinajstić information content (AvgIpc) is 2.65. The van der Waals surface area contributed by atoms with Crippen LogP contribution in [0, 0.1) is 10.1 Å². The van der Waals surface area contributed by atoms with Crippen LogP contribution in [0.1, 0.15) is 31.7 Å². The molecule has 7 nitrogen and oxygen atoms in total. The molecule has 2 aromatic rings. The third kappa shape index (κ3) is 4.08. The average molecular weight is 367 g/mol. The van der Waals surface area contributed by atoms with Crippen LogP contribution in [0.5, 0.6) is 5.75 Å². The van der Waals surface area contributed by atoms with Crippen molar-refractivity contribution in [2.24, 2.45) is 0 Å². The minimum atomic E-state index is -0.463. The molecule has 140 valence electrons. The molecule has 27 heavy (non-hydrogen) atoms. The minimum absolute atomic E-state index is 0.00458. The topological polar surface area (TPSA) is 98.7 Å². The summed E-state index contributed by atoms with van der Waals surface area (Å²) in [6.07, 6.45) is 4.54. The van der Waals surface area contributed by atoms with Crippen molar-refractivity contribution in [1.82, 2.24) is 0 Å². The van der Waals surface area contributed by atoms with Crippen molar-refractivity contribution in [3.8, 4) is 5.75 Å². The Bertz CT molecular complexity index is 891. The monoisotopic (exact) mass is 367 g/mol. The Kier molecular flexibility index (Phi) is 5.40. The summed E-state index contributed by atoms with van der Waals surface area (Å²) < 4.78 is 5.80. The number of nitrogen functional groups attached to an aromatic ring is 1. The van der Waals surface area contributed by atoms with Crippen molar-refractivity contribution < 1.29 is 14.5 Å². The molecule has 0 saturated heterocycles. The summed E-state index contributed by atoms with van der Waals surface area (Å²) in [5.41, 5.74) is 7.75. The summed E-state index contributed by atoms with van der Waals surface area (Å²) in [5.74, 6) is 0.494. The lowest BCUT2D eigenvalue weighted by Gasteiger charge is -2.30. The number of hydrogen-bond donors (Lipinski definition) is 1. The molecule has 0 radical (unpaired) electrons. The molecule has 1 aliphatic rings. The third-order valence-electron chi connectivity index (χ3n) is 4.34. The second kappa shape index (κ2) is 7.90. The van der Waals surface area contributed by atoms with Gasteiger partial charge in [-0.15, -0.1) is 0 Å². The largest absolute Gasteiger partial charge is 0.449 e. The summed E-state index contributed by atoms with van der Waals surface area (Å²) in [7, 11) is 0. The van der Waals surface area contributed by atoms with Gasteiger partial charge in [0, 0.05) is 24.4 Å². The molecule has 0 aliphatic carbocycles. The molecule has 2 N–H and O–H groups in total. The number of carbonyl (C=O) groups is 1. The van der Waals surface area contributed by atoms with Crippen LogP contribution in [0.3, 0.4) is 0 Å². The molecule has 0 fully saturated rings. The Labute approximate surface area is 157 Å². The smallest absolute Gasteiger partial charge is 0.294 e. The van der Waals surface area contributed by atoms with Crippen molar-refractivity contribution in [2.75, 3.05) is 17.2 Å². The van der Waals surface area contributed by atoms with Crippen molar-refractivity contribution in [3.63, 3.8) is 0 Å². The number of ether oxygens (including phenoxy) is 1. The van der Waals surface area contributed by atoms with Crippen LogP contribution in [0.2, 0.25) is 0 Å². The van der Waals surface area contributed by atoms with Gasteiger partial charge in [0.25, 0.3) is 11.6 Å². The Hall–Kier alpha value is -3.35. The number of rotatable bonds is 6. The number of benzene rings is 2. The predicted molar refractivity (Wildman–Crippen MR) is 104 cm³/mol. The maximum atomic E-state index is 13.0. The van der Waals surface area contributed by atoms with E-state index in [1.54, 1.807) is 41.3 Å². The van der Waals surface area contributed by atoms with E-state index >= 15 is 0 Å². The predicted octanol–water partition coefficient (Wildman–Crippen LogP) is 4.13. The highest BCUT2D eigenvalue weighted by Gasteiger charge is 2.30. The van der Waals surface area contributed by atoms with E-state index in [2.05, 4.69) is 6.92 Å². The molecule has 2 aromatic carbocycles. The lowest BCUT2D eigenvalue weighted by atomic mass is 10.1. The van der Waals surface area contributed by atoms with Gasteiger partial charge in [0.15, 0.2) is 11.5 Å². The van der Waals surface area contributed by atoms with E-state index in [1.807, 2.05) is 0 Å². The molecule has 0 unspecified atom stereocenters. The van der Waals surface area contributed by atoms with Crippen LogP contribution in [-0.4, -0.2) is 17.4 Å². The van der Waals surface area contributed by atoms with Gasteiger partial charge in [-0.05, 0) is 48.4 Å². The molecule has 3 rings (SSSR count). The second-order valence-corrected chi connectivity index (χ2v) is 6.35. The lowest BCUT2D eigenvalue weighted by Crippen LogP contribution is -2.38. The zero-order chi connectivity index (χ0) is 19.4. The lowest BCUT2D eigenvalue weighted by molar-refractivity contribution is -0.384. The number of nitro benzene ring substituents is 1. The molecule has 1 amide bonds. The van der Waals surface area contributed by atoms with Gasteiger partial charge < -0.3 is 15.4 Å². The van der Waals surface area contributed by atoms with E-state index in [1.165, 1.54) is 12.1 Å². The van der Waals surface area contributed by atoms with E-state index < -0.39 is 4.92 Å². The van der Waals surface area contributed by atoms with Gasteiger partial charge in [0.2, 0.25) is 0 Å². The molecule has 0 bridgehead atoms. The first-order valence-electron chi connectivity index (χ1n) is 8.85. The number of non-ortho nitro benzene ring substituents is 1. The zero-order valence-electron chi connectivity index (χ0n) is 15.1. The second-order valence-electron chi connectivity index (χ2n) is 6.35. The van der Waals surface area contributed by atoms with Crippen LogP contribution in [0.4, 0.5) is 17.1 Å². The SMILES string of the molecule is CCCCCN1C(=O)/C(=C\c2ccc([N+](=O)[O-])cc2)Oc2ccc(N)cc21. The highest BCUT2D eigenvalue weighted by molar-refractivity contribution is 6.10. The quantitative estimate of drug-likeness (QED) is 0.272. The number of unbranched alkanes of at least 4 members (excludes halogenated alkanes) is 2. The van der Waals surface area contributed by atoms with Crippen LogP contribution in [-0.2, 0) is 4.79 Å². The molecule has 0 atom stereocenters. The number of fused-ring (bicyclic) bond motifs is 1. The van der Waals surface area contributed by atoms with E-state index in [0.717, 1.165) is 19.3 Å². The summed E-state index contributed by atoms with van der Waals surface area (Å²) in [6, 6.07) is 11.2. The zero-order valence-corrected chi connectivity index (χ0v) is 15.1. The van der Waals surface area contributed by atoms with Gasteiger partial charge in [-0.1, -0.05) is 19.8 Å². The summed E-state index contributed by atoms with van der Waals surface area (Å²) in [4.78, 5) is 25.0. The first-order valence-corrected chi connectivity index (χ1v) is 8.85. The number of carbonyl (C=O) groups excluding carboxylic acids is 1. The molecular formula is C20H21N3O4. The maximum absolute atomic E-state index is 13.0. The third-order valence-corrected chi connectivity index (χ3v) is 4.34. The number of amides is 1. The van der Waals surface area contributed by atoms with E-state index in [9.17, 15) is 14.9 Å². The molecular weight excluding hydrogens is 346 g/mol. The van der Waals surface area contributed by atoms with Gasteiger partial charge in [-0.25, -0.2) is 0 Å². The minimum Gasteiger partial charge on any atom is -0.449 e. The van der Waals surface area contributed by atoms with Crippen molar-refractivity contribution in [1.29, 1.82) is 0 Å². The van der Waals surface area contributed by atoms with Gasteiger partial charge in [-0.3, -0.25) is 14.9 Å². The molecule has 1 heterocycles. The summed E-state index contributed by atoms with van der Waals surface area (Å²) in [5, 5.41) is 10.8. The summed E-state index contributed by atoms with van der Waals surface area (Å²) in [6.45, 7) is 2.68. The molecule has 0 saturated carbocycles. The first kappa shape index (κ1) is 18.4. The van der Waals surface area contributed by atoms with Crippen LogP contribution in [0.15, 0.2) is 48.2 Å². The van der Waals surface area contributed by atoms with Crippen LogP contribution in [0.25, 0.3) is 6.08 Å².